The van der Waals surface area contributed by atoms with Crippen molar-refractivity contribution in [2.45, 2.75) is 63.3 Å². The van der Waals surface area contributed by atoms with Gasteiger partial charge in [-0.3, -0.25) is 9.59 Å². The number of aromatic amines is 1. The second kappa shape index (κ2) is 7.69. The van der Waals surface area contributed by atoms with Crippen LogP contribution in [-0.2, 0) is 4.79 Å². The van der Waals surface area contributed by atoms with Crippen LogP contribution in [-0.4, -0.2) is 27.8 Å². The summed E-state index contributed by atoms with van der Waals surface area (Å²) in [6.07, 6.45) is 2.13. The number of carbonyl (C=O) groups is 1. The molecule has 0 spiro atoms. The van der Waals surface area contributed by atoms with Crippen LogP contribution in [0.4, 0.5) is 5.82 Å². The van der Waals surface area contributed by atoms with Crippen LogP contribution in [0, 0.1) is 5.41 Å². The Balaban J connectivity index is 1.69. The number of nitrogens with zero attached hydrogens (tertiary/aromatic N) is 1. The Morgan fingerprint density at radius 2 is 2.00 bits per heavy atom. The highest BCUT2D eigenvalue weighted by Gasteiger charge is 2.42. The molecule has 168 valence electrons. The Kier molecular flexibility index (Phi) is 5.08. The van der Waals surface area contributed by atoms with Crippen LogP contribution in [0.2, 0.25) is 0 Å². The van der Waals surface area contributed by atoms with Crippen molar-refractivity contribution in [2.24, 2.45) is 5.41 Å². The molecule has 1 aliphatic carbocycles. The van der Waals surface area contributed by atoms with Gasteiger partial charge >= 0.3 is 0 Å². The van der Waals surface area contributed by atoms with E-state index >= 15 is 0 Å². The molecule has 0 saturated heterocycles. The van der Waals surface area contributed by atoms with E-state index in [4.69, 9.17) is 14.5 Å². The molecule has 2 aromatic rings. The number of allylic oxidation sites excluding steroid dienone is 2. The lowest BCUT2D eigenvalue weighted by Crippen LogP contribution is -2.37. The minimum Gasteiger partial charge on any atom is -0.454 e. The van der Waals surface area contributed by atoms with Gasteiger partial charge in [0.15, 0.2) is 22.4 Å². The predicted octanol–water partition coefficient (Wildman–Crippen LogP) is 4.59. The van der Waals surface area contributed by atoms with Crippen molar-refractivity contribution in [1.82, 2.24) is 9.97 Å². The number of carbonyl (C=O) groups excluding carboxylic acids is 1. The van der Waals surface area contributed by atoms with Gasteiger partial charge in [0, 0.05) is 28.9 Å². The molecule has 3 heterocycles. The van der Waals surface area contributed by atoms with Crippen LogP contribution in [0.25, 0.3) is 0 Å². The average molecular weight is 454 g/mol. The first-order chi connectivity index (χ1) is 15.3. The Morgan fingerprint density at radius 1 is 1.22 bits per heavy atom. The van der Waals surface area contributed by atoms with Crippen LogP contribution in [0.5, 0.6) is 11.5 Å². The smallest absolute Gasteiger partial charge is 0.257 e. The topological polar surface area (TPSA) is 93.3 Å². The fourth-order valence-corrected chi connectivity index (χ4v) is 5.49. The number of hydrogen-bond acceptors (Lipinski definition) is 7. The number of thioether (sulfide) groups is 1. The van der Waals surface area contributed by atoms with Crippen molar-refractivity contribution in [3.63, 3.8) is 0 Å². The highest BCUT2D eigenvalue weighted by atomic mass is 32.2. The van der Waals surface area contributed by atoms with Crippen LogP contribution >= 0.6 is 11.8 Å². The fraction of sp³-hybridized carbons (Fsp3) is 0.458. The minimum absolute atomic E-state index is 0.0644. The predicted molar refractivity (Wildman–Crippen MR) is 124 cm³/mol. The van der Waals surface area contributed by atoms with Gasteiger partial charge < -0.3 is 19.8 Å². The van der Waals surface area contributed by atoms with Gasteiger partial charge in [-0.15, -0.1) is 0 Å². The van der Waals surface area contributed by atoms with Gasteiger partial charge in [-0.25, -0.2) is 4.98 Å². The number of nitrogens with one attached hydrogen (secondary N) is 2. The van der Waals surface area contributed by atoms with Crippen molar-refractivity contribution in [1.29, 1.82) is 0 Å². The summed E-state index contributed by atoms with van der Waals surface area (Å²) in [6.45, 7) is 8.57. The third kappa shape index (κ3) is 3.60. The fourth-order valence-electron chi connectivity index (χ4n) is 4.65. The van der Waals surface area contributed by atoms with Crippen LogP contribution < -0.4 is 20.3 Å². The van der Waals surface area contributed by atoms with E-state index in [-0.39, 0.29) is 23.6 Å². The second-order valence-corrected chi connectivity index (χ2v) is 10.9. The maximum atomic E-state index is 13.3. The Morgan fingerprint density at radius 3 is 2.78 bits per heavy atom. The van der Waals surface area contributed by atoms with Gasteiger partial charge in [-0.2, -0.15) is 0 Å². The maximum absolute atomic E-state index is 13.3. The zero-order chi connectivity index (χ0) is 22.6. The lowest BCUT2D eigenvalue weighted by Gasteiger charge is -2.38. The summed E-state index contributed by atoms with van der Waals surface area (Å²) in [5.74, 6) is 1.39. The molecule has 0 bridgehead atoms. The first-order valence-electron chi connectivity index (χ1n) is 11.0. The zero-order valence-electron chi connectivity index (χ0n) is 18.7. The van der Waals surface area contributed by atoms with Crippen LogP contribution in [0.15, 0.2) is 39.4 Å². The summed E-state index contributed by atoms with van der Waals surface area (Å²) >= 11 is 1.55. The van der Waals surface area contributed by atoms with Crippen molar-refractivity contribution in [3.05, 3.63) is 50.9 Å². The third-order valence-electron chi connectivity index (χ3n) is 6.32. The molecule has 2 atom stereocenters. The molecule has 0 radical (unpaired) electrons. The SMILES string of the molecule is CC[C@H](C)Sc1nc2c(c(=O)[nH]1)[C@H](c1ccc3c(c1)OCO3)C1=C(CC(C)(C)CC1=O)N2. The molecule has 8 heteroatoms. The number of H-pyrrole nitrogens is 1. The molecule has 32 heavy (non-hydrogen) atoms. The van der Waals surface area contributed by atoms with Crippen LogP contribution in [0.3, 0.4) is 0 Å². The number of Topliss-reactive ketones (excluding diaryl/α,β-unsaturated/α-hetero) is 1. The van der Waals surface area contributed by atoms with Gasteiger partial charge in [0.2, 0.25) is 6.79 Å². The molecule has 0 amide bonds. The summed E-state index contributed by atoms with van der Waals surface area (Å²) in [5, 5.41) is 4.28. The molecule has 3 aliphatic rings. The second-order valence-electron chi connectivity index (χ2n) is 9.47. The number of aromatic nitrogens is 2. The molecule has 2 N–H and O–H groups in total. The maximum Gasteiger partial charge on any atom is 0.257 e. The van der Waals surface area contributed by atoms with Gasteiger partial charge in [0.1, 0.15) is 5.82 Å². The summed E-state index contributed by atoms with van der Waals surface area (Å²) in [4.78, 5) is 34.4. The molecular weight excluding hydrogens is 426 g/mol. The third-order valence-corrected chi connectivity index (χ3v) is 7.47. The quantitative estimate of drug-likeness (QED) is 0.517. The Bertz CT molecular complexity index is 1200. The number of fused-ring (bicyclic) bond motifs is 2. The van der Waals surface area contributed by atoms with E-state index in [1.165, 1.54) is 0 Å². The molecule has 7 nitrogen and oxygen atoms in total. The van der Waals surface area contributed by atoms with E-state index in [1.807, 2.05) is 18.2 Å². The molecule has 0 unspecified atom stereocenters. The van der Waals surface area contributed by atoms with Gasteiger partial charge in [-0.1, -0.05) is 45.5 Å². The monoisotopic (exact) mass is 453 g/mol. The van der Waals surface area contributed by atoms with Gasteiger partial charge in [-0.05, 0) is 36.0 Å². The first-order valence-corrected chi connectivity index (χ1v) is 11.9. The molecule has 2 aliphatic heterocycles. The Hall–Kier alpha value is -2.74. The average Bonchev–Trinajstić information content (AvgIpc) is 3.19. The standard InChI is InChI=1S/C24H27N3O4S/c1-5-12(2)32-23-26-21-20(22(29)27-23)18(13-6-7-16-17(8-13)31-11-30-16)19-14(25-21)9-24(3,4)10-15(19)28/h6-8,12,18H,5,9-11H2,1-4H3,(H2,25,26,27,29)/t12-,18+/m0/s1. The van der Waals surface area contributed by atoms with E-state index < -0.39 is 5.92 Å². The molecule has 0 fully saturated rings. The largest absolute Gasteiger partial charge is 0.454 e. The van der Waals surface area contributed by atoms with Crippen molar-refractivity contribution >= 4 is 23.4 Å². The molecule has 1 aromatic carbocycles. The van der Waals surface area contributed by atoms with E-state index in [9.17, 15) is 9.59 Å². The summed E-state index contributed by atoms with van der Waals surface area (Å²) in [7, 11) is 0. The van der Waals surface area contributed by atoms with E-state index in [0.29, 0.717) is 45.3 Å². The highest BCUT2D eigenvalue weighted by molar-refractivity contribution is 7.99. The van der Waals surface area contributed by atoms with Crippen molar-refractivity contribution in [2.75, 3.05) is 12.1 Å². The lowest BCUT2D eigenvalue weighted by atomic mass is 9.69. The highest BCUT2D eigenvalue weighted by Crippen LogP contribution is 2.49. The van der Waals surface area contributed by atoms with Gasteiger partial charge in [0.25, 0.3) is 5.56 Å². The summed E-state index contributed by atoms with van der Waals surface area (Å²) < 4.78 is 11.0. The van der Waals surface area contributed by atoms with Gasteiger partial charge in [0.05, 0.1) is 5.56 Å². The lowest BCUT2D eigenvalue weighted by molar-refractivity contribution is -0.118. The first kappa shape index (κ1) is 21.1. The van der Waals surface area contributed by atoms with Crippen molar-refractivity contribution < 1.29 is 14.3 Å². The normalized spacial score (nSPS) is 21.6. The minimum atomic E-state index is -0.502. The number of ether oxygens (including phenoxy) is 2. The number of hydrogen-bond donors (Lipinski definition) is 2. The van der Waals surface area contributed by atoms with E-state index in [1.54, 1.807) is 11.8 Å². The zero-order valence-corrected chi connectivity index (χ0v) is 19.5. The number of anilines is 1. The summed E-state index contributed by atoms with van der Waals surface area (Å²) in [5.41, 5.74) is 2.44. The summed E-state index contributed by atoms with van der Waals surface area (Å²) in [6, 6.07) is 5.62. The molecular formula is C24H27N3O4S. The molecule has 5 rings (SSSR count). The van der Waals surface area contributed by atoms with Crippen LogP contribution in [0.1, 0.15) is 64.0 Å². The van der Waals surface area contributed by atoms with E-state index in [0.717, 1.165) is 24.1 Å². The number of benzene rings is 1. The van der Waals surface area contributed by atoms with E-state index in [2.05, 4.69) is 38.0 Å². The number of rotatable bonds is 4. The number of ketones is 1. The van der Waals surface area contributed by atoms with Crippen molar-refractivity contribution in [3.8, 4) is 11.5 Å². The molecule has 1 aromatic heterocycles. The molecule has 0 saturated carbocycles. The Labute approximate surface area is 191 Å².